The van der Waals surface area contributed by atoms with Gasteiger partial charge in [-0.05, 0) is 54.5 Å². The lowest BCUT2D eigenvalue weighted by Crippen LogP contribution is -2.61. The summed E-state index contributed by atoms with van der Waals surface area (Å²) >= 11 is 0. The number of benzene rings is 2. The predicted octanol–water partition coefficient (Wildman–Crippen LogP) is -1.15. The molecule has 0 saturated carbocycles. The van der Waals surface area contributed by atoms with Crippen molar-refractivity contribution in [2.24, 2.45) is 0 Å². The van der Waals surface area contributed by atoms with E-state index < -0.39 is 111 Å². The molecule has 2 aromatic carbocycles. The number of esters is 2. The highest BCUT2D eigenvalue weighted by Gasteiger charge is 2.48. The van der Waals surface area contributed by atoms with Crippen LogP contribution in [0.3, 0.4) is 0 Å². The molecule has 0 unspecified atom stereocenters. The van der Waals surface area contributed by atoms with Gasteiger partial charge in [-0.1, -0.05) is 18.2 Å². The fourth-order valence-electron chi connectivity index (χ4n) is 5.93. The number of aliphatic carboxylic acids is 1. The molecule has 2 heterocycles. The zero-order valence-corrected chi connectivity index (χ0v) is 31.6. The molecule has 0 radical (unpaired) electrons. The molecular weight excluding hydrogens is 776 g/mol. The summed E-state index contributed by atoms with van der Waals surface area (Å²) in [5.41, 5.74) is -0.867. The standard InChI is InChI=1S/C38H48O20/c1-38(15-26(41)42,58-37-34(50)32(48)30(46)25(56-37)18-54-27(43)11-8-19-6-9-21(40)10-7-19)16-28(44)53-12-4-5-20-13-22(51-2)35(23(14-20)52-3)57-36-33(49)31(47)29(45)24(17-39)55-36/h4-11,13-14,24-25,29-34,36-37,39-40,45-50H,12,15-18H2,1-3H3,(H,41,42)/b5-4+,11-8+/t24-,25+,29-,30+,31+,32-,33-,34+,36+,37-,38+/m1/s1. The summed E-state index contributed by atoms with van der Waals surface area (Å²) in [4.78, 5) is 37.0. The Morgan fingerprint density at radius 1 is 0.759 bits per heavy atom. The number of phenolic OH excluding ortho intramolecular Hbond substituents is 1. The van der Waals surface area contributed by atoms with E-state index in [-0.39, 0.29) is 29.6 Å². The largest absolute Gasteiger partial charge is 0.508 e. The highest BCUT2D eigenvalue weighted by atomic mass is 16.7. The van der Waals surface area contributed by atoms with Gasteiger partial charge in [0.2, 0.25) is 12.0 Å². The van der Waals surface area contributed by atoms with Crippen LogP contribution in [0.15, 0.2) is 48.6 Å². The lowest BCUT2D eigenvalue weighted by Gasteiger charge is -2.43. The van der Waals surface area contributed by atoms with Gasteiger partial charge in [0.15, 0.2) is 17.8 Å². The van der Waals surface area contributed by atoms with Crippen LogP contribution in [0.4, 0.5) is 0 Å². The molecule has 11 atom stereocenters. The molecular formula is C38H48O20. The number of carboxylic acids is 1. The van der Waals surface area contributed by atoms with E-state index >= 15 is 0 Å². The summed E-state index contributed by atoms with van der Waals surface area (Å²) in [5, 5.41) is 90.7. The van der Waals surface area contributed by atoms with Crippen LogP contribution >= 0.6 is 0 Å². The summed E-state index contributed by atoms with van der Waals surface area (Å²) in [6, 6.07) is 8.88. The number of carbonyl (C=O) groups excluding carboxylic acids is 2. The van der Waals surface area contributed by atoms with E-state index in [1.54, 1.807) is 12.1 Å². The van der Waals surface area contributed by atoms with Gasteiger partial charge in [-0.3, -0.25) is 9.59 Å². The maximum Gasteiger partial charge on any atom is 0.330 e. The normalized spacial score (nSPS) is 28.4. The van der Waals surface area contributed by atoms with E-state index in [0.717, 1.165) is 6.08 Å². The number of aliphatic hydroxyl groups excluding tert-OH is 7. The lowest BCUT2D eigenvalue weighted by atomic mass is 9.95. The smallest absolute Gasteiger partial charge is 0.330 e. The van der Waals surface area contributed by atoms with Crippen LogP contribution in [0, 0.1) is 0 Å². The van der Waals surface area contributed by atoms with Crippen molar-refractivity contribution in [2.75, 3.05) is 34.0 Å². The summed E-state index contributed by atoms with van der Waals surface area (Å²) in [5.74, 6) is -3.02. The lowest BCUT2D eigenvalue weighted by molar-refractivity contribution is -0.325. The number of carbonyl (C=O) groups is 3. The first-order chi connectivity index (χ1) is 27.5. The SMILES string of the molecule is COc1cc(/C=C/COC(=O)C[C@](C)(CC(=O)O)O[C@H]2O[C@@H](COC(=O)/C=C/c3ccc(O)cc3)[C@H](O)[C@@H](O)[C@@H]2O)cc(OC)c1O[C@@H]1O[C@H](CO)[C@@H](O)[C@H](O)[C@H]1O. The first-order valence-electron chi connectivity index (χ1n) is 17.8. The van der Waals surface area contributed by atoms with Gasteiger partial charge < -0.3 is 83.9 Å². The van der Waals surface area contributed by atoms with Crippen molar-refractivity contribution in [2.45, 2.75) is 86.8 Å². The summed E-state index contributed by atoms with van der Waals surface area (Å²) < 4.78 is 43.7. The van der Waals surface area contributed by atoms with Crippen LogP contribution in [-0.4, -0.2) is 165 Å². The number of methoxy groups -OCH3 is 2. The third-order valence-corrected chi connectivity index (χ3v) is 9.02. The second kappa shape index (κ2) is 20.7. The van der Waals surface area contributed by atoms with Crippen molar-refractivity contribution in [3.63, 3.8) is 0 Å². The number of phenols is 1. The van der Waals surface area contributed by atoms with Crippen LogP contribution in [0.25, 0.3) is 12.2 Å². The van der Waals surface area contributed by atoms with Crippen molar-refractivity contribution >= 4 is 30.1 Å². The van der Waals surface area contributed by atoms with Gasteiger partial charge >= 0.3 is 17.9 Å². The molecule has 4 rings (SSSR count). The summed E-state index contributed by atoms with van der Waals surface area (Å²) in [6.45, 7) is -0.366. The number of aliphatic hydroxyl groups is 7. The Morgan fingerprint density at radius 3 is 1.93 bits per heavy atom. The van der Waals surface area contributed by atoms with Crippen molar-refractivity contribution in [1.29, 1.82) is 0 Å². The van der Waals surface area contributed by atoms with Crippen molar-refractivity contribution in [3.8, 4) is 23.0 Å². The van der Waals surface area contributed by atoms with Crippen LogP contribution in [0.5, 0.6) is 23.0 Å². The van der Waals surface area contributed by atoms with E-state index in [1.165, 1.54) is 63.6 Å². The van der Waals surface area contributed by atoms with Gasteiger partial charge in [0.05, 0.1) is 39.3 Å². The molecule has 0 aromatic heterocycles. The number of carboxylic acid groups (broad SMARTS) is 1. The molecule has 2 aliphatic heterocycles. The summed E-state index contributed by atoms with van der Waals surface area (Å²) in [7, 11) is 2.63. The molecule has 20 heteroatoms. The van der Waals surface area contributed by atoms with E-state index in [0.29, 0.717) is 11.1 Å². The third-order valence-electron chi connectivity index (χ3n) is 9.02. The highest BCUT2D eigenvalue weighted by Crippen LogP contribution is 2.41. The Morgan fingerprint density at radius 2 is 1.34 bits per heavy atom. The van der Waals surface area contributed by atoms with E-state index in [1.807, 2.05) is 0 Å². The van der Waals surface area contributed by atoms with Gasteiger partial charge in [-0.15, -0.1) is 0 Å². The van der Waals surface area contributed by atoms with E-state index in [4.69, 9.17) is 37.9 Å². The molecule has 2 aliphatic rings. The highest BCUT2D eigenvalue weighted by molar-refractivity contribution is 5.87. The maximum absolute atomic E-state index is 12.9. The Bertz CT molecular complexity index is 1720. The average molecular weight is 825 g/mol. The van der Waals surface area contributed by atoms with E-state index in [2.05, 4.69) is 0 Å². The molecule has 20 nitrogen and oxygen atoms in total. The minimum atomic E-state index is -1.91. The second-order valence-electron chi connectivity index (χ2n) is 13.5. The van der Waals surface area contributed by atoms with Gasteiger partial charge in [-0.2, -0.15) is 0 Å². The van der Waals surface area contributed by atoms with Gasteiger partial charge in [0, 0.05) is 6.08 Å². The molecule has 9 N–H and O–H groups in total. The first kappa shape index (κ1) is 45.8. The number of ether oxygens (including phenoxy) is 8. The number of hydrogen-bond acceptors (Lipinski definition) is 19. The maximum atomic E-state index is 12.9. The zero-order chi connectivity index (χ0) is 42.7. The van der Waals surface area contributed by atoms with Gasteiger partial charge in [0.1, 0.15) is 67.8 Å². The fraction of sp³-hybridized carbons (Fsp3) is 0.500. The number of rotatable bonds is 18. The Labute approximate surface area is 331 Å². The van der Waals surface area contributed by atoms with Crippen LogP contribution in [0.1, 0.15) is 30.9 Å². The van der Waals surface area contributed by atoms with Crippen LogP contribution in [0.2, 0.25) is 0 Å². The molecule has 0 spiro atoms. The van der Waals surface area contributed by atoms with Crippen LogP contribution in [-0.2, 0) is 38.1 Å². The topological polar surface area (TPSA) is 307 Å². The van der Waals surface area contributed by atoms with Crippen molar-refractivity contribution in [1.82, 2.24) is 0 Å². The minimum absolute atomic E-state index is 0.0294. The third kappa shape index (κ3) is 12.1. The molecule has 58 heavy (non-hydrogen) atoms. The molecule has 2 saturated heterocycles. The average Bonchev–Trinajstić information content (AvgIpc) is 3.18. The molecule has 2 aromatic rings. The Kier molecular flexibility index (Phi) is 16.4. The molecule has 2 fully saturated rings. The molecule has 0 amide bonds. The van der Waals surface area contributed by atoms with Gasteiger partial charge in [-0.25, -0.2) is 4.79 Å². The monoisotopic (exact) mass is 824 g/mol. The number of aromatic hydroxyl groups is 1. The number of hydrogen-bond donors (Lipinski definition) is 9. The summed E-state index contributed by atoms with van der Waals surface area (Å²) in [6.07, 6.45) is -12.6. The van der Waals surface area contributed by atoms with E-state index in [9.17, 15) is 60.3 Å². The second-order valence-corrected chi connectivity index (χ2v) is 13.5. The Hall–Kier alpha value is -4.87. The Balaban J connectivity index is 1.36. The minimum Gasteiger partial charge on any atom is -0.508 e. The quantitative estimate of drug-likeness (QED) is 0.0633. The predicted molar refractivity (Wildman–Crippen MR) is 195 cm³/mol. The molecule has 0 bridgehead atoms. The first-order valence-corrected chi connectivity index (χ1v) is 17.8. The fourth-order valence-corrected chi connectivity index (χ4v) is 5.93. The van der Waals surface area contributed by atoms with Gasteiger partial charge in [0.25, 0.3) is 0 Å². The van der Waals surface area contributed by atoms with Crippen molar-refractivity contribution in [3.05, 3.63) is 59.7 Å². The van der Waals surface area contributed by atoms with Crippen molar-refractivity contribution < 1.29 is 98.2 Å². The molecule has 0 aliphatic carbocycles. The van der Waals surface area contributed by atoms with Crippen LogP contribution < -0.4 is 14.2 Å². The zero-order valence-electron chi connectivity index (χ0n) is 31.6. The molecule has 320 valence electrons.